The molecule has 9 nitrogen and oxygen atoms in total. The Morgan fingerprint density at radius 2 is 1.61 bits per heavy atom. The molecule has 2 fully saturated rings. The highest BCUT2D eigenvalue weighted by Crippen LogP contribution is 2.63. The Morgan fingerprint density at radius 1 is 1.00 bits per heavy atom. The number of anilines is 1. The molecular formula is C32H26N4O5. The number of hydrazone groups is 1. The number of para-hydroxylation sites is 1. The van der Waals surface area contributed by atoms with Gasteiger partial charge < -0.3 is 9.47 Å². The van der Waals surface area contributed by atoms with Gasteiger partial charge in [0.2, 0.25) is 17.7 Å². The van der Waals surface area contributed by atoms with E-state index in [9.17, 15) is 19.6 Å². The first-order chi connectivity index (χ1) is 19.9. The van der Waals surface area contributed by atoms with Gasteiger partial charge in [-0.25, -0.2) is 10.3 Å². The van der Waals surface area contributed by atoms with E-state index in [1.54, 1.807) is 37.4 Å². The highest BCUT2D eigenvalue weighted by molar-refractivity contribution is 6.25. The van der Waals surface area contributed by atoms with Gasteiger partial charge in [-0.3, -0.25) is 14.4 Å². The van der Waals surface area contributed by atoms with Gasteiger partial charge in [0.1, 0.15) is 6.07 Å². The Hall–Kier alpha value is -4.65. The molecule has 2 aliphatic heterocycles. The second kappa shape index (κ2) is 9.20. The number of amides is 3. The highest BCUT2D eigenvalue weighted by atomic mass is 16.7. The summed E-state index contributed by atoms with van der Waals surface area (Å²) in [6.45, 7) is 2.53. The van der Waals surface area contributed by atoms with E-state index < -0.39 is 34.9 Å². The molecule has 2 heterocycles. The average molecular weight is 547 g/mol. The zero-order valence-electron chi connectivity index (χ0n) is 22.2. The van der Waals surface area contributed by atoms with Crippen molar-refractivity contribution in [3.63, 3.8) is 0 Å². The van der Waals surface area contributed by atoms with E-state index in [0.29, 0.717) is 13.2 Å². The van der Waals surface area contributed by atoms with Gasteiger partial charge in [0, 0.05) is 12.1 Å². The number of nitrogens with zero attached hydrogens (tertiary/aromatic N) is 3. The lowest BCUT2D eigenvalue weighted by Crippen LogP contribution is -2.54. The second-order valence-corrected chi connectivity index (χ2v) is 11.0. The topological polar surface area (TPSA) is 121 Å². The lowest BCUT2D eigenvalue weighted by molar-refractivity contribution is -0.159. The minimum absolute atomic E-state index is 0.0468. The molecule has 204 valence electrons. The molecule has 3 aromatic rings. The molecule has 3 amide bonds. The number of imide groups is 1. The largest absolute Gasteiger partial charge is 0.347 e. The average Bonchev–Trinajstić information content (AvgIpc) is 3.53. The predicted octanol–water partition coefficient (Wildman–Crippen LogP) is 3.36. The van der Waals surface area contributed by atoms with Crippen LogP contribution in [0.3, 0.4) is 0 Å². The van der Waals surface area contributed by atoms with Gasteiger partial charge in [-0.2, -0.15) is 10.4 Å². The molecule has 0 aromatic heterocycles. The van der Waals surface area contributed by atoms with Crippen LogP contribution in [0.2, 0.25) is 0 Å². The maximum absolute atomic E-state index is 14.4. The number of hydrogen-bond donors (Lipinski definition) is 1. The molecule has 5 aliphatic rings. The minimum atomic E-state index is -1.13. The molecular weight excluding hydrogens is 520 g/mol. The van der Waals surface area contributed by atoms with Crippen molar-refractivity contribution in [2.45, 2.75) is 30.5 Å². The van der Waals surface area contributed by atoms with Gasteiger partial charge in [0.25, 0.3) is 0 Å². The molecule has 8 rings (SSSR count). The van der Waals surface area contributed by atoms with Crippen LogP contribution in [0, 0.1) is 23.2 Å². The van der Waals surface area contributed by atoms with Crippen LogP contribution in [0.1, 0.15) is 47.1 Å². The molecule has 9 heteroatoms. The third kappa shape index (κ3) is 3.54. The Balaban J connectivity index is 1.37. The molecule has 3 aromatic carbocycles. The van der Waals surface area contributed by atoms with E-state index in [2.05, 4.69) is 16.6 Å². The lowest BCUT2D eigenvalue weighted by atomic mass is 9.47. The number of benzene rings is 3. The fraction of sp³-hybridized carbons (Fsp3) is 0.281. The Bertz CT molecular complexity index is 1640. The van der Waals surface area contributed by atoms with Crippen molar-refractivity contribution in [2.24, 2.45) is 16.9 Å². The van der Waals surface area contributed by atoms with Crippen LogP contribution in [-0.4, -0.2) is 42.9 Å². The van der Waals surface area contributed by atoms with Crippen LogP contribution in [0.5, 0.6) is 0 Å². The molecule has 0 radical (unpaired) electrons. The molecule has 1 N–H and O–H groups in total. The fourth-order valence-corrected chi connectivity index (χ4v) is 7.25. The van der Waals surface area contributed by atoms with Gasteiger partial charge >= 0.3 is 0 Å². The van der Waals surface area contributed by atoms with Crippen LogP contribution >= 0.6 is 0 Å². The molecule has 2 saturated heterocycles. The summed E-state index contributed by atoms with van der Waals surface area (Å²) in [5.74, 6) is -4.03. The maximum Gasteiger partial charge on any atom is 0.245 e. The molecule has 0 spiro atoms. The van der Waals surface area contributed by atoms with Crippen LogP contribution in [0.15, 0.2) is 77.9 Å². The number of rotatable bonds is 5. The number of hydrogen-bond acceptors (Lipinski definition) is 7. The SMILES string of the molecule is CC1(CC(=O)N/N=C\C23c4ccccc4C(c4ccccc42)[C@H]2C(=O)N(c4ccccc4C#N)C(=O)[C@H]23)OCCO1. The fourth-order valence-electron chi connectivity index (χ4n) is 7.25. The van der Waals surface area contributed by atoms with Crippen LogP contribution in [-0.2, 0) is 29.3 Å². The van der Waals surface area contributed by atoms with Crippen LogP contribution < -0.4 is 10.3 Å². The highest BCUT2D eigenvalue weighted by Gasteiger charge is 2.68. The smallest absolute Gasteiger partial charge is 0.245 e. The molecule has 2 atom stereocenters. The van der Waals surface area contributed by atoms with E-state index in [1.807, 2.05) is 48.5 Å². The van der Waals surface area contributed by atoms with Gasteiger partial charge in [0.15, 0.2) is 5.79 Å². The Morgan fingerprint density at radius 3 is 2.27 bits per heavy atom. The summed E-state index contributed by atoms with van der Waals surface area (Å²) < 4.78 is 11.1. The molecule has 0 unspecified atom stereocenters. The summed E-state index contributed by atoms with van der Waals surface area (Å²) >= 11 is 0. The van der Waals surface area contributed by atoms with E-state index in [-0.39, 0.29) is 29.5 Å². The van der Waals surface area contributed by atoms with E-state index in [0.717, 1.165) is 22.3 Å². The predicted molar refractivity (Wildman–Crippen MR) is 148 cm³/mol. The number of nitrogens with one attached hydrogen (secondary N) is 1. The van der Waals surface area contributed by atoms with Crippen molar-refractivity contribution in [2.75, 3.05) is 18.1 Å². The van der Waals surface area contributed by atoms with Crippen molar-refractivity contribution >= 4 is 29.6 Å². The Kier molecular flexibility index (Phi) is 5.68. The molecule has 2 bridgehead atoms. The van der Waals surface area contributed by atoms with Crippen LogP contribution in [0.4, 0.5) is 5.69 Å². The van der Waals surface area contributed by atoms with Crippen molar-refractivity contribution < 1.29 is 23.9 Å². The zero-order chi connectivity index (χ0) is 28.4. The monoisotopic (exact) mass is 546 g/mol. The lowest BCUT2D eigenvalue weighted by Gasteiger charge is -2.52. The number of nitriles is 1. The summed E-state index contributed by atoms with van der Waals surface area (Å²) in [7, 11) is 0. The van der Waals surface area contributed by atoms with Crippen LogP contribution in [0.25, 0.3) is 0 Å². The van der Waals surface area contributed by atoms with E-state index in [1.165, 1.54) is 4.90 Å². The molecule has 41 heavy (non-hydrogen) atoms. The number of ether oxygens (including phenoxy) is 2. The second-order valence-electron chi connectivity index (χ2n) is 11.0. The van der Waals surface area contributed by atoms with Gasteiger partial charge in [-0.15, -0.1) is 0 Å². The maximum atomic E-state index is 14.4. The molecule has 0 saturated carbocycles. The quantitative estimate of drug-likeness (QED) is 0.298. The normalized spacial score (nSPS) is 26.9. The number of carbonyl (C=O) groups is 3. The minimum Gasteiger partial charge on any atom is -0.347 e. The van der Waals surface area contributed by atoms with Gasteiger partial charge in [-0.1, -0.05) is 60.7 Å². The van der Waals surface area contributed by atoms with Crippen molar-refractivity contribution in [3.8, 4) is 6.07 Å². The van der Waals surface area contributed by atoms with Gasteiger partial charge in [-0.05, 0) is 41.3 Å². The van der Waals surface area contributed by atoms with E-state index in [4.69, 9.17) is 9.47 Å². The van der Waals surface area contributed by atoms with E-state index >= 15 is 0 Å². The first-order valence-corrected chi connectivity index (χ1v) is 13.6. The first-order valence-electron chi connectivity index (χ1n) is 13.6. The first kappa shape index (κ1) is 25.3. The summed E-state index contributed by atoms with van der Waals surface area (Å²) in [6.07, 6.45) is 1.56. The molecule has 3 aliphatic carbocycles. The third-order valence-corrected chi connectivity index (χ3v) is 8.79. The Labute approximate surface area is 236 Å². The number of carbonyl (C=O) groups excluding carboxylic acids is 3. The van der Waals surface area contributed by atoms with Crippen molar-refractivity contribution in [1.82, 2.24) is 5.43 Å². The zero-order valence-corrected chi connectivity index (χ0v) is 22.2. The van der Waals surface area contributed by atoms with Gasteiger partial charge in [0.05, 0.1) is 48.1 Å². The summed E-state index contributed by atoms with van der Waals surface area (Å²) in [4.78, 5) is 42.7. The summed E-state index contributed by atoms with van der Waals surface area (Å²) in [5.41, 5.74) is 5.63. The summed E-state index contributed by atoms with van der Waals surface area (Å²) in [5, 5.41) is 14.2. The third-order valence-electron chi connectivity index (χ3n) is 8.79. The van der Waals surface area contributed by atoms with Crippen molar-refractivity contribution in [1.29, 1.82) is 5.26 Å². The van der Waals surface area contributed by atoms with Crippen molar-refractivity contribution in [3.05, 3.63) is 101 Å². The standard InChI is InChI=1S/C32H26N4O5/c1-31(40-14-15-41-31)16-25(37)35-34-18-32-22-11-5-3-9-20(22)26(21-10-4-6-12-23(21)32)27-28(32)30(39)36(29(27)38)24-13-7-2-8-19(24)17-33/h2-13,18,26-28H,14-16H2,1H3,(H,35,37)/b34-18-/t26?,27-,28+,32?/m1/s1. The summed E-state index contributed by atoms with van der Waals surface area (Å²) in [6, 6.07) is 24.3.